The first kappa shape index (κ1) is 18.7. The molecule has 29 heavy (non-hydrogen) atoms. The molecule has 148 valence electrons. The second-order valence-electron chi connectivity index (χ2n) is 6.78. The van der Waals surface area contributed by atoms with E-state index in [0.29, 0.717) is 23.8 Å². The number of rotatable bonds is 5. The lowest BCUT2D eigenvalue weighted by atomic mass is 9.95. The summed E-state index contributed by atoms with van der Waals surface area (Å²) in [6, 6.07) is 14.9. The summed E-state index contributed by atoms with van der Waals surface area (Å²) in [6.07, 6.45) is 0. The number of carbonyl (C=O) groups is 1. The molecule has 0 radical (unpaired) electrons. The zero-order valence-corrected chi connectivity index (χ0v) is 16.5. The Bertz CT molecular complexity index is 1070. The van der Waals surface area contributed by atoms with Crippen molar-refractivity contribution in [2.75, 3.05) is 17.2 Å². The number of hydrogen-bond donors (Lipinski definition) is 2. The van der Waals surface area contributed by atoms with E-state index < -0.39 is 6.04 Å². The Morgan fingerprint density at radius 1 is 1.17 bits per heavy atom. The summed E-state index contributed by atoms with van der Waals surface area (Å²) in [5.74, 6) is 1.06. The SMILES string of the molecule is CCOc1ccc([C@@H]2C(C(=O)Nc3ccccc3C)=C(C)Nc3nnnn32)cc1. The number of tetrazole rings is 1. The van der Waals surface area contributed by atoms with E-state index in [4.69, 9.17) is 4.74 Å². The maximum absolute atomic E-state index is 13.3. The van der Waals surface area contributed by atoms with Crippen LogP contribution in [0.25, 0.3) is 0 Å². The Morgan fingerprint density at radius 2 is 1.93 bits per heavy atom. The van der Waals surface area contributed by atoms with Gasteiger partial charge in [-0.15, -0.1) is 0 Å². The van der Waals surface area contributed by atoms with Gasteiger partial charge in [-0.3, -0.25) is 4.79 Å². The topological polar surface area (TPSA) is 94.0 Å². The van der Waals surface area contributed by atoms with Crippen LogP contribution in [0.1, 0.15) is 31.0 Å². The molecule has 8 nitrogen and oxygen atoms in total. The highest BCUT2D eigenvalue weighted by molar-refractivity contribution is 6.06. The first-order valence-electron chi connectivity index (χ1n) is 9.44. The van der Waals surface area contributed by atoms with E-state index in [9.17, 15) is 4.79 Å². The number of amides is 1. The number of nitrogens with one attached hydrogen (secondary N) is 2. The van der Waals surface area contributed by atoms with Crippen LogP contribution in [0.3, 0.4) is 0 Å². The molecule has 1 atom stereocenters. The molecule has 1 aliphatic rings. The lowest BCUT2D eigenvalue weighted by Crippen LogP contribution is -2.31. The number of aryl methyl sites for hydroxylation is 1. The van der Waals surface area contributed by atoms with E-state index in [1.807, 2.05) is 69.3 Å². The number of ether oxygens (including phenoxy) is 1. The molecule has 3 aromatic rings. The van der Waals surface area contributed by atoms with Crippen LogP contribution in [-0.2, 0) is 4.79 Å². The van der Waals surface area contributed by atoms with Crippen LogP contribution in [-0.4, -0.2) is 32.7 Å². The molecule has 0 saturated carbocycles. The Morgan fingerprint density at radius 3 is 2.66 bits per heavy atom. The molecule has 4 rings (SSSR count). The van der Waals surface area contributed by atoms with Crippen LogP contribution in [0.4, 0.5) is 11.6 Å². The predicted octanol–water partition coefficient (Wildman–Crippen LogP) is 3.31. The van der Waals surface area contributed by atoms with Crippen molar-refractivity contribution in [3.8, 4) is 5.75 Å². The van der Waals surface area contributed by atoms with Crippen molar-refractivity contribution in [1.82, 2.24) is 20.2 Å². The molecule has 8 heteroatoms. The van der Waals surface area contributed by atoms with Crippen molar-refractivity contribution in [2.45, 2.75) is 26.8 Å². The normalized spacial score (nSPS) is 15.5. The first-order valence-corrected chi connectivity index (χ1v) is 9.44. The van der Waals surface area contributed by atoms with Crippen molar-refractivity contribution >= 4 is 17.5 Å². The minimum Gasteiger partial charge on any atom is -0.494 e. The number of nitrogens with zero attached hydrogens (tertiary/aromatic N) is 4. The van der Waals surface area contributed by atoms with Gasteiger partial charge in [0.05, 0.1) is 12.2 Å². The van der Waals surface area contributed by atoms with Gasteiger partial charge in [-0.2, -0.15) is 4.68 Å². The van der Waals surface area contributed by atoms with Gasteiger partial charge in [-0.25, -0.2) is 0 Å². The molecule has 2 aromatic carbocycles. The summed E-state index contributed by atoms with van der Waals surface area (Å²) in [5, 5.41) is 18.0. The Hall–Kier alpha value is -3.68. The minimum absolute atomic E-state index is 0.204. The largest absolute Gasteiger partial charge is 0.494 e. The van der Waals surface area contributed by atoms with Gasteiger partial charge in [0.2, 0.25) is 5.95 Å². The van der Waals surface area contributed by atoms with Crippen LogP contribution in [0.2, 0.25) is 0 Å². The highest BCUT2D eigenvalue weighted by atomic mass is 16.5. The molecule has 2 N–H and O–H groups in total. The third kappa shape index (κ3) is 3.56. The third-order valence-electron chi connectivity index (χ3n) is 4.86. The van der Waals surface area contributed by atoms with E-state index in [-0.39, 0.29) is 5.91 Å². The molecule has 0 fully saturated rings. The van der Waals surface area contributed by atoms with Crippen LogP contribution in [0.15, 0.2) is 59.8 Å². The lowest BCUT2D eigenvalue weighted by molar-refractivity contribution is -0.113. The summed E-state index contributed by atoms with van der Waals surface area (Å²) < 4.78 is 7.16. The summed E-state index contributed by atoms with van der Waals surface area (Å²) in [6.45, 7) is 6.34. The van der Waals surface area contributed by atoms with E-state index in [1.54, 1.807) is 4.68 Å². The van der Waals surface area contributed by atoms with E-state index in [2.05, 4.69) is 26.2 Å². The highest BCUT2D eigenvalue weighted by Crippen LogP contribution is 2.35. The summed E-state index contributed by atoms with van der Waals surface area (Å²) in [5.41, 5.74) is 3.90. The highest BCUT2D eigenvalue weighted by Gasteiger charge is 2.34. The van der Waals surface area contributed by atoms with Gasteiger partial charge in [0.15, 0.2) is 0 Å². The molecule has 0 bridgehead atoms. The summed E-state index contributed by atoms with van der Waals surface area (Å²) in [7, 11) is 0. The molecule has 0 unspecified atom stereocenters. The number of fused-ring (bicyclic) bond motifs is 1. The standard InChI is InChI=1S/C21H22N6O2/c1-4-29-16-11-9-15(10-12-16)19-18(14(3)22-21-24-25-26-27(19)21)20(28)23-17-8-6-5-7-13(17)2/h5-12,19H,4H2,1-3H3,(H,23,28)(H,22,24,26)/t19-/m1/s1. The second-order valence-corrected chi connectivity index (χ2v) is 6.78. The zero-order valence-electron chi connectivity index (χ0n) is 16.5. The Labute approximate surface area is 168 Å². The van der Waals surface area contributed by atoms with Crippen LogP contribution >= 0.6 is 0 Å². The average Bonchev–Trinajstić information content (AvgIpc) is 3.17. The molecular formula is C21H22N6O2. The van der Waals surface area contributed by atoms with Gasteiger partial charge in [0, 0.05) is 11.4 Å². The lowest BCUT2D eigenvalue weighted by Gasteiger charge is -2.28. The van der Waals surface area contributed by atoms with Crippen molar-refractivity contribution in [3.05, 3.63) is 70.9 Å². The van der Waals surface area contributed by atoms with Gasteiger partial charge >= 0.3 is 0 Å². The van der Waals surface area contributed by atoms with Crippen molar-refractivity contribution < 1.29 is 9.53 Å². The van der Waals surface area contributed by atoms with Crippen LogP contribution in [0, 0.1) is 6.92 Å². The van der Waals surface area contributed by atoms with E-state index >= 15 is 0 Å². The number of aromatic nitrogens is 4. The number of anilines is 2. The van der Waals surface area contributed by atoms with Crippen molar-refractivity contribution in [3.63, 3.8) is 0 Å². The van der Waals surface area contributed by atoms with Gasteiger partial charge in [-0.05, 0) is 60.5 Å². The first-order chi connectivity index (χ1) is 14.1. The third-order valence-corrected chi connectivity index (χ3v) is 4.86. The van der Waals surface area contributed by atoms with Crippen molar-refractivity contribution in [2.24, 2.45) is 0 Å². The van der Waals surface area contributed by atoms with Crippen LogP contribution in [0.5, 0.6) is 5.75 Å². The molecule has 0 aliphatic carbocycles. The van der Waals surface area contributed by atoms with Crippen LogP contribution < -0.4 is 15.4 Å². The minimum atomic E-state index is -0.457. The summed E-state index contributed by atoms with van der Waals surface area (Å²) >= 11 is 0. The van der Waals surface area contributed by atoms with Gasteiger partial charge in [0.1, 0.15) is 11.8 Å². The fourth-order valence-electron chi connectivity index (χ4n) is 3.43. The Balaban J connectivity index is 1.73. The molecule has 1 aliphatic heterocycles. The summed E-state index contributed by atoms with van der Waals surface area (Å²) in [4.78, 5) is 13.3. The number of benzene rings is 2. The van der Waals surface area contributed by atoms with E-state index in [0.717, 1.165) is 22.6 Å². The van der Waals surface area contributed by atoms with E-state index in [1.165, 1.54) is 0 Å². The number of allylic oxidation sites excluding steroid dienone is 1. The maximum Gasteiger partial charge on any atom is 0.255 e. The zero-order chi connectivity index (χ0) is 20.4. The monoisotopic (exact) mass is 390 g/mol. The molecule has 1 aromatic heterocycles. The average molecular weight is 390 g/mol. The second kappa shape index (κ2) is 7.75. The molecular weight excluding hydrogens is 368 g/mol. The Kier molecular flexibility index (Phi) is 4.99. The number of para-hydroxylation sites is 1. The number of hydrogen-bond acceptors (Lipinski definition) is 6. The maximum atomic E-state index is 13.3. The molecule has 0 spiro atoms. The van der Waals surface area contributed by atoms with Gasteiger partial charge < -0.3 is 15.4 Å². The quantitative estimate of drug-likeness (QED) is 0.694. The fraction of sp³-hybridized carbons (Fsp3) is 0.238. The van der Waals surface area contributed by atoms with Crippen molar-refractivity contribution in [1.29, 1.82) is 0 Å². The molecule has 2 heterocycles. The number of carbonyl (C=O) groups excluding carboxylic acids is 1. The molecule has 0 saturated heterocycles. The fourth-order valence-corrected chi connectivity index (χ4v) is 3.43. The molecule has 1 amide bonds. The van der Waals surface area contributed by atoms with Gasteiger partial charge in [-0.1, -0.05) is 35.4 Å². The van der Waals surface area contributed by atoms with Gasteiger partial charge in [0.25, 0.3) is 5.91 Å². The smallest absolute Gasteiger partial charge is 0.255 e. The predicted molar refractivity (Wildman–Crippen MR) is 110 cm³/mol.